The summed E-state index contributed by atoms with van der Waals surface area (Å²) in [6, 6.07) is 0. The molecule has 1 N–H and O–H groups in total. The predicted octanol–water partition coefficient (Wildman–Crippen LogP) is 3.61. The van der Waals surface area contributed by atoms with Gasteiger partial charge >= 0.3 is 0 Å². The van der Waals surface area contributed by atoms with Crippen LogP contribution < -0.4 is 5.32 Å². The highest BCUT2D eigenvalue weighted by molar-refractivity contribution is 4.88. The highest BCUT2D eigenvalue weighted by Crippen LogP contribution is 2.34. The first-order valence-corrected chi connectivity index (χ1v) is 7.36. The highest BCUT2D eigenvalue weighted by atomic mass is 16.5. The van der Waals surface area contributed by atoms with Crippen molar-refractivity contribution in [1.29, 1.82) is 0 Å². The van der Waals surface area contributed by atoms with Gasteiger partial charge in [0.1, 0.15) is 0 Å². The van der Waals surface area contributed by atoms with Crippen LogP contribution in [0.25, 0.3) is 0 Å². The van der Waals surface area contributed by atoms with E-state index < -0.39 is 0 Å². The van der Waals surface area contributed by atoms with Gasteiger partial charge in [-0.3, -0.25) is 0 Å². The molecular weight excluding hydrogens is 210 g/mol. The van der Waals surface area contributed by atoms with Crippen LogP contribution in [0.1, 0.15) is 59.3 Å². The van der Waals surface area contributed by atoms with E-state index in [0.717, 1.165) is 25.0 Å². The fourth-order valence-corrected chi connectivity index (χ4v) is 2.76. The Balaban J connectivity index is 2.32. The SMILES string of the molecule is CNCC1(OCCCC(C)C)CCC(C)CC1. The van der Waals surface area contributed by atoms with Crippen LogP contribution in [-0.4, -0.2) is 25.8 Å². The number of ether oxygens (including phenoxy) is 1. The van der Waals surface area contributed by atoms with E-state index in [1.807, 2.05) is 7.05 Å². The standard InChI is InChI=1S/C15H31NO/c1-13(2)6-5-11-17-15(12-16-4)9-7-14(3)8-10-15/h13-14,16H,5-12H2,1-4H3. The molecular formula is C15H31NO. The Kier molecular flexibility index (Phi) is 6.50. The minimum atomic E-state index is 0.137. The molecule has 0 amide bonds. The second-order valence-electron chi connectivity index (χ2n) is 6.28. The van der Waals surface area contributed by atoms with E-state index in [4.69, 9.17) is 4.74 Å². The first kappa shape index (κ1) is 15.0. The van der Waals surface area contributed by atoms with Crippen molar-refractivity contribution in [3.63, 3.8) is 0 Å². The Bertz CT molecular complexity index is 195. The Morgan fingerprint density at radius 2 is 1.94 bits per heavy atom. The van der Waals surface area contributed by atoms with Crippen LogP contribution in [0.2, 0.25) is 0 Å². The zero-order valence-electron chi connectivity index (χ0n) is 12.2. The van der Waals surface area contributed by atoms with E-state index in [1.54, 1.807) is 0 Å². The molecule has 0 bridgehead atoms. The molecule has 1 aliphatic carbocycles. The lowest BCUT2D eigenvalue weighted by molar-refractivity contribution is -0.0758. The van der Waals surface area contributed by atoms with Gasteiger partial charge < -0.3 is 10.1 Å². The van der Waals surface area contributed by atoms with Gasteiger partial charge in [0.15, 0.2) is 0 Å². The molecule has 0 heterocycles. The average Bonchev–Trinajstić information content (AvgIpc) is 2.29. The van der Waals surface area contributed by atoms with Crippen molar-refractivity contribution in [3.8, 4) is 0 Å². The molecule has 2 heteroatoms. The maximum Gasteiger partial charge on any atom is 0.0806 e. The van der Waals surface area contributed by atoms with Crippen LogP contribution in [-0.2, 0) is 4.74 Å². The maximum atomic E-state index is 6.25. The molecule has 0 aromatic carbocycles. The van der Waals surface area contributed by atoms with Crippen molar-refractivity contribution >= 4 is 0 Å². The molecule has 0 radical (unpaired) electrons. The summed E-state index contributed by atoms with van der Waals surface area (Å²) in [6.07, 6.45) is 7.61. The van der Waals surface area contributed by atoms with Gasteiger partial charge in [-0.05, 0) is 57.4 Å². The van der Waals surface area contributed by atoms with Crippen molar-refractivity contribution in [2.75, 3.05) is 20.2 Å². The summed E-state index contributed by atoms with van der Waals surface area (Å²) in [5.74, 6) is 1.68. The second kappa shape index (κ2) is 7.38. The number of likely N-dealkylation sites (N-methyl/N-ethyl adjacent to an activating group) is 1. The minimum Gasteiger partial charge on any atom is -0.374 e. The zero-order chi connectivity index (χ0) is 12.7. The van der Waals surface area contributed by atoms with Gasteiger partial charge in [-0.25, -0.2) is 0 Å². The molecule has 102 valence electrons. The van der Waals surface area contributed by atoms with Crippen LogP contribution in [0.5, 0.6) is 0 Å². The molecule has 0 spiro atoms. The summed E-state index contributed by atoms with van der Waals surface area (Å²) in [7, 11) is 2.04. The van der Waals surface area contributed by atoms with Crippen LogP contribution in [0.4, 0.5) is 0 Å². The number of nitrogens with one attached hydrogen (secondary N) is 1. The first-order valence-electron chi connectivity index (χ1n) is 7.36. The summed E-state index contributed by atoms with van der Waals surface area (Å²) >= 11 is 0. The normalized spacial score (nSPS) is 29.8. The Labute approximate surface area is 108 Å². The average molecular weight is 241 g/mol. The lowest BCUT2D eigenvalue weighted by atomic mass is 9.79. The lowest BCUT2D eigenvalue weighted by Gasteiger charge is -2.39. The molecule has 2 nitrogen and oxygen atoms in total. The van der Waals surface area contributed by atoms with Crippen LogP contribution in [0.15, 0.2) is 0 Å². The third kappa shape index (κ3) is 5.39. The van der Waals surface area contributed by atoms with Crippen LogP contribution >= 0.6 is 0 Å². The van der Waals surface area contributed by atoms with E-state index in [1.165, 1.54) is 38.5 Å². The third-order valence-electron chi connectivity index (χ3n) is 4.02. The van der Waals surface area contributed by atoms with Gasteiger partial charge in [-0.2, -0.15) is 0 Å². The molecule has 0 aromatic heterocycles. The fourth-order valence-electron chi connectivity index (χ4n) is 2.76. The number of rotatable bonds is 7. The topological polar surface area (TPSA) is 21.3 Å². The van der Waals surface area contributed by atoms with Crippen molar-refractivity contribution in [2.24, 2.45) is 11.8 Å². The predicted molar refractivity (Wildman–Crippen MR) is 74.3 cm³/mol. The maximum absolute atomic E-state index is 6.25. The molecule has 0 saturated heterocycles. The summed E-state index contributed by atoms with van der Waals surface area (Å²) in [5.41, 5.74) is 0.137. The summed E-state index contributed by atoms with van der Waals surface area (Å²) in [4.78, 5) is 0. The Morgan fingerprint density at radius 3 is 2.47 bits per heavy atom. The molecule has 0 aliphatic heterocycles. The molecule has 17 heavy (non-hydrogen) atoms. The van der Waals surface area contributed by atoms with Crippen LogP contribution in [0, 0.1) is 11.8 Å². The molecule has 0 aromatic rings. The molecule has 1 aliphatic rings. The minimum absolute atomic E-state index is 0.137. The smallest absolute Gasteiger partial charge is 0.0806 e. The van der Waals surface area contributed by atoms with Crippen molar-refractivity contribution < 1.29 is 4.74 Å². The van der Waals surface area contributed by atoms with Crippen LogP contribution in [0.3, 0.4) is 0 Å². The quantitative estimate of drug-likeness (QED) is 0.688. The van der Waals surface area contributed by atoms with Gasteiger partial charge in [-0.15, -0.1) is 0 Å². The monoisotopic (exact) mass is 241 g/mol. The summed E-state index contributed by atoms with van der Waals surface area (Å²) < 4.78 is 6.25. The lowest BCUT2D eigenvalue weighted by Crippen LogP contribution is -2.45. The molecule has 1 saturated carbocycles. The third-order valence-corrected chi connectivity index (χ3v) is 4.02. The van der Waals surface area contributed by atoms with E-state index in [2.05, 4.69) is 26.1 Å². The highest BCUT2D eigenvalue weighted by Gasteiger charge is 2.34. The van der Waals surface area contributed by atoms with E-state index in [0.29, 0.717) is 0 Å². The van der Waals surface area contributed by atoms with E-state index >= 15 is 0 Å². The molecule has 1 rings (SSSR count). The first-order chi connectivity index (χ1) is 8.08. The van der Waals surface area contributed by atoms with Crippen molar-refractivity contribution in [3.05, 3.63) is 0 Å². The Morgan fingerprint density at radius 1 is 1.29 bits per heavy atom. The summed E-state index contributed by atoms with van der Waals surface area (Å²) in [6.45, 7) is 8.88. The van der Waals surface area contributed by atoms with Gasteiger partial charge in [0, 0.05) is 13.2 Å². The second-order valence-corrected chi connectivity index (χ2v) is 6.28. The number of hydrogen-bond acceptors (Lipinski definition) is 2. The number of hydrogen-bond donors (Lipinski definition) is 1. The summed E-state index contributed by atoms with van der Waals surface area (Å²) in [5, 5.41) is 3.32. The van der Waals surface area contributed by atoms with Gasteiger partial charge in [-0.1, -0.05) is 20.8 Å². The van der Waals surface area contributed by atoms with E-state index in [-0.39, 0.29) is 5.60 Å². The molecule has 1 fully saturated rings. The van der Waals surface area contributed by atoms with Crippen molar-refractivity contribution in [2.45, 2.75) is 64.9 Å². The molecule has 0 atom stereocenters. The van der Waals surface area contributed by atoms with Gasteiger partial charge in [0.05, 0.1) is 5.60 Å². The fraction of sp³-hybridized carbons (Fsp3) is 1.00. The molecule has 0 unspecified atom stereocenters. The largest absolute Gasteiger partial charge is 0.374 e. The van der Waals surface area contributed by atoms with Gasteiger partial charge in [0.2, 0.25) is 0 Å². The van der Waals surface area contributed by atoms with E-state index in [9.17, 15) is 0 Å². The Hall–Kier alpha value is -0.0800. The zero-order valence-corrected chi connectivity index (χ0v) is 12.2. The van der Waals surface area contributed by atoms with Crippen molar-refractivity contribution in [1.82, 2.24) is 5.32 Å². The van der Waals surface area contributed by atoms with Gasteiger partial charge in [0.25, 0.3) is 0 Å².